The number of fused-ring (bicyclic) bond motifs is 1. The van der Waals surface area contributed by atoms with E-state index in [0.717, 1.165) is 41.5 Å². The Hall–Kier alpha value is -2.97. The fourth-order valence-corrected chi connectivity index (χ4v) is 4.13. The van der Waals surface area contributed by atoms with Crippen molar-refractivity contribution >= 4 is 15.1 Å². The van der Waals surface area contributed by atoms with Crippen LogP contribution in [-0.2, 0) is 16.3 Å². The van der Waals surface area contributed by atoms with Gasteiger partial charge in [0.15, 0.2) is 0 Å². The first-order chi connectivity index (χ1) is 15.1. The van der Waals surface area contributed by atoms with Crippen LogP contribution in [-0.4, -0.2) is 43.1 Å². The molecule has 0 saturated heterocycles. The molecule has 7 nitrogen and oxygen atoms in total. The minimum atomic E-state index is -0.600. The van der Waals surface area contributed by atoms with E-state index in [4.69, 9.17) is 14.2 Å². The molecule has 1 unspecified atom stereocenters. The van der Waals surface area contributed by atoms with Gasteiger partial charge in [0, 0.05) is 63.4 Å². The van der Waals surface area contributed by atoms with Crippen LogP contribution in [0.3, 0.4) is 0 Å². The molecular formula is C23H27N3O4Si. The molecule has 162 valence electrons. The number of benzene rings is 1. The number of nitrogens with zero attached hydrogens (tertiary/aromatic N) is 3. The molecule has 0 aliphatic carbocycles. The number of rotatable bonds is 10. The maximum Gasteiger partial charge on any atom is 0.219 e. The first kappa shape index (κ1) is 21.3. The smallest absolute Gasteiger partial charge is 0.219 e. The zero-order valence-corrected chi connectivity index (χ0v) is 19.0. The molecular weight excluding hydrogens is 410 g/mol. The summed E-state index contributed by atoms with van der Waals surface area (Å²) in [7, 11) is -0.600. The monoisotopic (exact) mass is 437 g/mol. The lowest BCUT2D eigenvalue weighted by molar-refractivity contribution is -0.108. The van der Waals surface area contributed by atoms with Crippen LogP contribution in [0.2, 0.25) is 19.1 Å². The number of carbonyl (C=O) groups excluding carboxylic acids is 1. The molecule has 0 fully saturated rings. The summed E-state index contributed by atoms with van der Waals surface area (Å²) in [6.45, 7) is 6.37. The van der Waals surface area contributed by atoms with Crippen molar-refractivity contribution in [2.24, 2.45) is 0 Å². The zero-order valence-electron chi connectivity index (χ0n) is 17.9. The summed E-state index contributed by atoms with van der Waals surface area (Å²) in [4.78, 5) is 15.2. The second kappa shape index (κ2) is 9.89. The molecule has 2 aromatic heterocycles. The van der Waals surface area contributed by atoms with Gasteiger partial charge in [-0.2, -0.15) is 5.10 Å². The third-order valence-electron chi connectivity index (χ3n) is 5.27. The van der Waals surface area contributed by atoms with Crippen LogP contribution in [0, 0.1) is 0 Å². The van der Waals surface area contributed by atoms with E-state index in [1.807, 2.05) is 41.1 Å². The molecule has 0 radical (unpaired) electrons. The summed E-state index contributed by atoms with van der Waals surface area (Å²) in [5.74, 6) is 2.04. The minimum absolute atomic E-state index is 0.125. The predicted octanol–water partition coefficient (Wildman–Crippen LogP) is 4.26. The van der Waals surface area contributed by atoms with Crippen molar-refractivity contribution in [2.75, 3.05) is 13.2 Å². The van der Waals surface area contributed by atoms with E-state index >= 15 is 0 Å². The van der Waals surface area contributed by atoms with E-state index in [0.29, 0.717) is 31.4 Å². The van der Waals surface area contributed by atoms with Crippen LogP contribution in [0.25, 0.3) is 11.3 Å². The molecule has 0 saturated carbocycles. The number of hydrogen-bond donors (Lipinski definition) is 0. The fourth-order valence-electron chi connectivity index (χ4n) is 3.50. The molecule has 1 aliphatic rings. The van der Waals surface area contributed by atoms with Gasteiger partial charge >= 0.3 is 0 Å². The summed E-state index contributed by atoms with van der Waals surface area (Å²) in [6.07, 6.45) is 4.94. The molecule has 0 N–H and O–H groups in total. The van der Waals surface area contributed by atoms with Gasteiger partial charge in [-0.05, 0) is 24.2 Å². The summed E-state index contributed by atoms with van der Waals surface area (Å²) >= 11 is 0. The van der Waals surface area contributed by atoms with Crippen molar-refractivity contribution in [3.05, 3.63) is 54.4 Å². The van der Waals surface area contributed by atoms with Crippen molar-refractivity contribution in [1.82, 2.24) is 14.8 Å². The average molecular weight is 438 g/mol. The highest BCUT2D eigenvalue weighted by atomic mass is 28.3. The van der Waals surface area contributed by atoms with Crippen LogP contribution in [0.5, 0.6) is 17.4 Å². The number of carbonyl (C=O) groups is 1. The number of pyridine rings is 1. The molecule has 0 spiro atoms. The number of aldehydes is 1. The Morgan fingerprint density at radius 3 is 2.94 bits per heavy atom. The Morgan fingerprint density at radius 1 is 1.26 bits per heavy atom. The van der Waals surface area contributed by atoms with Crippen LogP contribution < -0.4 is 9.47 Å². The molecule has 3 heterocycles. The summed E-state index contributed by atoms with van der Waals surface area (Å²) in [6, 6.07) is 12.6. The van der Waals surface area contributed by atoms with E-state index in [-0.39, 0.29) is 5.92 Å². The van der Waals surface area contributed by atoms with E-state index in [1.165, 1.54) is 0 Å². The van der Waals surface area contributed by atoms with Crippen LogP contribution >= 0.6 is 0 Å². The molecule has 1 atom stereocenters. The summed E-state index contributed by atoms with van der Waals surface area (Å²) in [5.41, 5.74) is 2.95. The lowest BCUT2D eigenvalue weighted by Crippen LogP contribution is -2.10. The van der Waals surface area contributed by atoms with Gasteiger partial charge in [-0.15, -0.1) is 0 Å². The Labute approximate surface area is 183 Å². The highest BCUT2D eigenvalue weighted by Gasteiger charge is 2.24. The molecule has 31 heavy (non-hydrogen) atoms. The molecule has 4 rings (SSSR count). The maximum atomic E-state index is 10.8. The first-order valence-corrected chi connectivity index (χ1v) is 13.7. The van der Waals surface area contributed by atoms with Gasteiger partial charge < -0.3 is 19.0 Å². The number of aromatic nitrogens is 3. The SMILES string of the molecule is C[SiH](C)CCOCn1nccc1-c1ccc(Oc2ccc3c(c2)OCC3CC=O)nc1. The van der Waals surface area contributed by atoms with Crippen molar-refractivity contribution < 1.29 is 19.0 Å². The van der Waals surface area contributed by atoms with Gasteiger partial charge in [0.1, 0.15) is 24.5 Å². The van der Waals surface area contributed by atoms with Crippen molar-refractivity contribution in [3.8, 4) is 28.6 Å². The predicted molar refractivity (Wildman–Crippen MR) is 121 cm³/mol. The van der Waals surface area contributed by atoms with Crippen LogP contribution in [0.15, 0.2) is 48.8 Å². The minimum Gasteiger partial charge on any atom is -0.492 e. The maximum absolute atomic E-state index is 10.8. The standard InChI is InChI=1S/C23H27N3O4Si/c1-31(2)12-11-28-16-26-21(7-9-25-26)17-3-6-23(24-14-17)30-19-4-5-20-18(8-10-27)15-29-22(20)13-19/h3-7,9-10,13-14,18,31H,8,11-12,15-16H2,1-2H3. The quantitative estimate of drug-likeness (QED) is 0.268. The molecule has 3 aromatic rings. The van der Waals surface area contributed by atoms with E-state index in [9.17, 15) is 4.79 Å². The van der Waals surface area contributed by atoms with E-state index < -0.39 is 8.80 Å². The third kappa shape index (κ3) is 5.21. The second-order valence-corrected chi connectivity index (χ2v) is 11.4. The largest absolute Gasteiger partial charge is 0.492 e. The highest BCUT2D eigenvalue weighted by Crippen LogP contribution is 2.38. The van der Waals surface area contributed by atoms with Gasteiger partial charge in [-0.3, -0.25) is 0 Å². The van der Waals surface area contributed by atoms with Gasteiger partial charge in [-0.25, -0.2) is 9.67 Å². The Morgan fingerprint density at radius 2 is 2.16 bits per heavy atom. The van der Waals surface area contributed by atoms with Crippen molar-refractivity contribution in [1.29, 1.82) is 0 Å². The Kier molecular flexibility index (Phi) is 6.78. The van der Waals surface area contributed by atoms with Crippen molar-refractivity contribution in [2.45, 2.75) is 38.2 Å². The van der Waals surface area contributed by atoms with Gasteiger partial charge in [0.05, 0.1) is 12.3 Å². The normalized spacial score (nSPS) is 15.0. The second-order valence-electron chi connectivity index (χ2n) is 8.03. The fraction of sp³-hybridized carbons (Fsp3) is 0.348. The Balaban J connectivity index is 1.40. The Bertz CT molecular complexity index is 1020. The number of ether oxygens (including phenoxy) is 3. The van der Waals surface area contributed by atoms with Crippen molar-refractivity contribution in [3.63, 3.8) is 0 Å². The third-order valence-corrected chi connectivity index (χ3v) is 6.66. The lowest BCUT2D eigenvalue weighted by atomic mass is 9.99. The highest BCUT2D eigenvalue weighted by molar-refractivity contribution is 6.55. The lowest BCUT2D eigenvalue weighted by Gasteiger charge is -2.10. The molecule has 1 aliphatic heterocycles. The zero-order chi connectivity index (χ0) is 21.6. The van der Waals surface area contributed by atoms with E-state index in [1.54, 1.807) is 12.4 Å². The topological polar surface area (TPSA) is 75.5 Å². The van der Waals surface area contributed by atoms with Crippen LogP contribution in [0.1, 0.15) is 17.9 Å². The van der Waals surface area contributed by atoms with Gasteiger partial charge in [0.2, 0.25) is 5.88 Å². The number of hydrogen-bond acceptors (Lipinski definition) is 6. The summed E-state index contributed by atoms with van der Waals surface area (Å²) in [5, 5.41) is 4.36. The first-order valence-electron chi connectivity index (χ1n) is 10.6. The molecule has 0 bridgehead atoms. The van der Waals surface area contributed by atoms with Gasteiger partial charge in [0.25, 0.3) is 0 Å². The average Bonchev–Trinajstić information content (AvgIpc) is 3.39. The van der Waals surface area contributed by atoms with E-state index in [2.05, 4.69) is 23.2 Å². The summed E-state index contributed by atoms with van der Waals surface area (Å²) < 4.78 is 19.2. The van der Waals surface area contributed by atoms with Gasteiger partial charge in [-0.1, -0.05) is 19.2 Å². The molecule has 8 heteroatoms. The molecule has 1 aromatic carbocycles. The van der Waals surface area contributed by atoms with Crippen LogP contribution in [0.4, 0.5) is 0 Å². The molecule has 0 amide bonds.